The van der Waals surface area contributed by atoms with Crippen molar-refractivity contribution in [1.29, 1.82) is 0 Å². The van der Waals surface area contributed by atoms with Crippen molar-refractivity contribution in [3.05, 3.63) is 12.2 Å². The number of unbranched alkanes of at least 4 members (excludes halogenated alkanes) is 10. The molecule has 0 aliphatic heterocycles. The lowest BCUT2D eigenvalue weighted by atomic mass is 10.0. The Balaban J connectivity index is 3.22. The first-order valence-electron chi connectivity index (χ1n) is 8.30. The Morgan fingerprint density at radius 3 is 1.57 bits per heavy atom. The number of carboxylic acid groups (broad SMARTS) is 1. The largest absolute Gasteiger partial charge is 0.478 e. The summed E-state index contributed by atoms with van der Waals surface area (Å²) in [4.78, 5) is 10.6. The van der Waals surface area contributed by atoms with E-state index in [2.05, 4.69) is 6.58 Å². The van der Waals surface area contributed by atoms with Gasteiger partial charge in [0.05, 0.1) is 11.7 Å². The summed E-state index contributed by atoms with van der Waals surface area (Å²) >= 11 is 0. The van der Waals surface area contributed by atoms with Gasteiger partial charge in [-0.2, -0.15) is 0 Å². The van der Waals surface area contributed by atoms with E-state index in [0.717, 1.165) is 32.1 Å². The molecule has 124 valence electrons. The molecule has 0 bridgehead atoms. The Hall–Kier alpha value is -0.870. The molecule has 0 rings (SSSR count). The van der Waals surface area contributed by atoms with Gasteiger partial charge in [-0.1, -0.05) is 70.8 Å². The van der Waals surface area contributed by atoms with Crippen LogP contribution in [0.25, 0.3) is 0 Å². The van der Waals surface area contributed by atoms with Crippen LogP contribution in [0.4, 0.5) is 0 Å². The molecule has 3 N–H and O–H groups in total. The molecule has 0 spiro atoms. The summed E-state index contributed by atoms with van der Waals surface area (Å²) in [6.45, 7) is 3.68. The Morgan fingerprint density at radius 1 is 0.810 bits per heavy atom. The van der Waals surface area contributed by atoms with Crippen LogP contribution in [0.5, 0.6) is 0 Å². The fourth-order valence-corrected chi connectivity index (χ4v) is 2.36. The number of rotatable bonds is 15. The first-order valence-corrected chi connectivity index (χ1v) is 8.30. The molecule has 0 aliphatic carbocycles. The normalized spacial score (nSPS) is 12.3. The number of aliphatic hydroxyl groups excluding tert-OH is 2. The van der Waals surface area contributed by atoms with E-state index in [0.29, 0.717) is 13.0 Å². The number of carboxylic acids is 1. The van der Waals surface area contributed by atoms with Gasteiger partial charge in [-0.25, -0.2) is 4.79 Å². The van der Waals surface area contributed by atoms with Gasteiger partial charge in [0.1, 0.15) is 0 Å². The van der Waals surface area contributed by atoms with E-state index in [-0.39, 0.29) is 5.57 Å². The number of carbonyl (C=O) groups is 1. The van der Waals surface area contributed by atoms with Gasteiger partial charge in [0.15, 0.2) is 0 Å². The fourth-order valence-electron chi connectivity index (χ4n) is 2.36. The van der Waals surface area contributed by atoms with Gasteiger partial charge >= 0.3 is 5.97 Å². The minimum Gasteiger partial charge on any atom is -0.478 e. The van der Waals surface area contributed by atoms with Gasteiger partial charge < -0.3 is 15.3 Å². The molecule has 0 saturated carbocycles. The van der Waals surface area contributed by atoms with Crippen LogP contribution in [-0.4, -0.2) is 34.0 Å². The van der Waals surface area contributed by atoms with Crippen LogP contribution >= 0.6 is 0 Å². The molecule has 0 aromatic rings. The van der Waals surface area contributed by atoms with Gasteiger partial charge in [-0.15, -0.1) is 0 Å². The highest BCUT2D eigenvalue weighted by Gasteiger charge is 2.14. The molecule has 0 aromatic heterocycles. The van der Waals surface area contributed by atoms with Gasteiger partial charge in [0.25, 0.3) is 0 Å². The molecule has 1 atom stereocenters. The van der Waals surface area contributed by atoms with Crippen LogP contribution in [-0.2, 0) is 4.79 Å². The van der Waals surface area contributed by atoms with Crippen LogP contribution in [0.1, 0.15) is 77.0 Å². The summed E-state index contributed by atoms with van der Waals surface area (Å²) in [5.74, 6) is -1.11. The maximum absolute atomic E-state index is 10.6. The molecule has 4 heteroatoms. The molecule has 0 aliphatic rings. The fraction of sp³-hybridized carbons (Fsp3) is 0.824. The van der Waals surface area contributed by atoms with Crippen molar-refractivity contribution in [2.45, 2.75) is 83.2 Å². The third-order valence-corrected chi connectivity index (χ3v) is 3.81. The highest BCUT2D eigenvalue weighted by molar-refractivity contribution is 5.86. The number of aliphatic carboxylic acids is 1. The minimum atomic E-state index is -1.11. The second kappa shape index (κ2) is 14.1. The van der Waals surface area contributed by atoms with Crippen LogP contribution in [0.15, 0.2) is 12.2 Å². The summed E-state index contributed by atoms with van der Waals surface area (Å²) in [6.07, 6.45) is 12.2. The zero-order valence-corrected chi connectivity index (χ0v) is 13.2. The summed E-state index contributed by atoms with van der Waals surface area (Å²) in [5, 5.41) is 26.9. The number of hydrogen-bond donors (Lipinski definition) is 3. The zero-order valence-electron chi connectivity index (χ0n) is 13.2. The van der Waals surface area contributed by atoms with Crippen LogP contribution in [0.2, 0.25) is 0 Å². The van der Waals surface area contributed by atoms with Crippen LogP contribution in [0.3, 0.4) is 0 Å². The summed E-state index contributed by atoms with van der Waals surface area (Å²) in [7, 11) is 0. The van der Waals surface area contributed by atoms with Crippen LogP contribution in [0, 0.1) is 0 Å². The molecular formula is C17H32O4. The standard InChI is InChI=1S/C17H32O4/c1-15(17(20)21)16(19)13-11-9-7-5-3-2-4-6-8-10-12-14-18/h16,18-19H,1-14H2,(H,20,21). The highest BCUT2D eigenvalue weighted by Crippen LogP contribution is 2.14. The van der Waals surface area contributed by atoms with E-state index >= 15 is 0 Å². The molecule has 0 fully saturated rings. The minimum absolute atomic E-state index is 0.101. The molecule has 0 heterocycles. The van der Waals surface area contributed by atoms with Crippen molar-refractivity contribution < 1.29 is 20.1 Å². The topological polar surface area (TPSA) is 77.8 Å². The third-order valence-electron chi connectivity index (χ3n) is 3.81. The van der Waals surface area contributed by atoms with Gasteiger partial charge in [-0.05, 0) is 12.8 Å². The molecule has 1 unspecified atom stereocenters. The van der Waals surface area contributed by atoms with E-state index in [1.807, 2.05) is 0 Å². The Kier molecular flexibility index (Phi) is 13.5. The summed E-state index contributed by atoms with van der Waals surface area (Å²) in [6, 6.07) is 0. The highest BCUT2D eigenvalue weighted by atomic mass is 16.4. The first kappa shape index (κ1) is 20.1. The Labute approximate surface area is 128 Å². The lowest BCUT2D eigenvalue weighted by Gasteiger charge is -2.09. The van der Waals surface area contributed by atoms with Crippen molar-refractivity contribution in [3.63, 3.8) is 0 Å². The summed E-state index contributed by atoms with van der Waals surface area (Å²) < 4.78 is 0. The molecule has 0 amide bonds. The lowest BCUT2D eigenvalue weighted by molar-refractivity contribution is -0.133. The molecule has 0 saturated heterocycles. The molecule has 4 nitrogen and oxygen atoms in total. The van der Waals surface area contributed by atoms with Crippen molar-refractivity contribution in [1.82, 2.24) is 0 Å². The molecule has 0 aromatic carbocycles. The van der Waals surface area contributed by atoms with Crippen molar-refractivity contribution in [2.75, 3.05) is 6.61 Å². The average Bonchev–Trinajstić information content (AvgIpc) is 2.47. The van der Waals surface area contributed by atoms with E-state index in [9.17, 15) is 9.90 Å². The number of aliphatic hydroxyl groups is 2. The SMILES string of the molecule is C=C(C(=O)O)C(O)CCCCCCCCCCCCCO. The maximum atomic E-state index is 10.6. The maximum Gasteiger partial charge on any atom is 0.333 e. The Morgan fingerprint density at radius 2 is 1.19 bits per heavy atom. The first-order chi connectivity index (χ1) is 10.1. The second-order valence-electron chi connectivity index (χ2n) is 5.75. The van der Waals surface area contributed by atoms with Crippen molar-refractivity contribution >= 4 is 5.97 Å². The van der Waals surface area contributed by atoms with Crippen LogP contribution < -0.4 is 0 Å². The van der Waals surface area contributed by atoms with Crippen molar-refractivity contribution in [3.8, 4) is 0 Å². The summed E-state index contributed by atoms with van der Waals surface area (Å²) in [5.41, 5.74) is -0.101. The molecular weight excluding hydrogens is 268 g/mol. The van der Waals surface area contributed by atoms with E-state index in [1.54, 1.807) is 0 Å². The third kappa shape index (κ3) is 12.6. The predicted octanol–water partition coefficient (Wildman–Crippen LogP) is 3.66. The van der Waals surface area contributed by atoms with E-state index < -0.39 is 12.1 Å². The molecule has 0 radical (unpaired) electrons. The van der Waals surface area contributed by atoms with E-state index in [1.165, 1.54) is 38.5 Å². The zero-order chi connectivity index (χ0) is 15.9. The van der Waals surface area contributed by atoms with Gasteiger partial charge in [0.2, 0.25) is 0 Å². The lowest BCUT2D eigenvalue weighted by Crippen LogP contribution is -2.16. The average molecular weight is 300 g/mol. The Bertz CT molecular complexity index is 276. The van der Waals surface area contributed by atoms with Gasteiger partial charge in [-0.3, -0.25) is 0 Å². The quantitative estimate of drug-likeness (QED) is 0.318. The monoisotopic (exact) mass is 300 g/mol. The predicted molar refractivity (Wildman–Crippen MR) is 85.3 cm³/mol. The molecule has 21 heavy (non-hydrogen) atoms. The van der Waals surface area contributed by atoms with Gasteiger partial charge in [0, 0.05) is 6.61 Å². The smallest absolute Gasteiger partial charge is 0.333 e. The van der Waals surface area contributed by atoms with E-state index in [4.69, 9.17) is 10.2 Å². The van der Waals surface area contributed by atoms with Crippen molar-refractivity contribution in [2.24, 2.45) is 0 Å². The second-order valence-corrected chi connectivity index (χ2v) is 5.75. The number of hydrogen-bond acceptors (Lipinski definition) is 3.